The molecule has 0 radical (unpaired) electrons. The smallest absolute Gasteiger partial charge is 0.146 e. The van der Waals surface area contributed by atoms with Crippen LogP contribution in [0.4, 0.5) is 10.1 Å². The molecular formula is C14H20FNO. The Morgan fingerprint density at radius 3 is 2.53 bits per heavy atom. The number of anilines is 1. The summed E-state index contributed by atoms with van der Waals surface area (Å²) in [5.41, 5.74) is 1.27. The minimum absolute atomic E-state index is 0.238. The average molecular weight is 237 g/mol. The van der Waals surface area contributed by atoms with Gasteiger partial charge in [0.2, 0.25) is 0 Å². The fourth-order valence-electron chi connectivity index (χ4n) is 2.56. The topological polar surface area (TPSA) is 23.5 Å². The number of hydrogen-bond donors (Lipinski definition) is 1. The van der Waals surface area contributed by atoms with Crippen LogP contribution in [0.1, 0.15) is 44.3 Å². The van der Waals surface area contributed by atoms with E-state index in [0.29, 0.717) is 17.3 Å². The minimum Gasteiger partial charge on any atom is -0.389 e. The van der Waals surface area contributed by atoms with Crippen LogP contribution >= 0.6 is 0 Å². The highest BCUT2D eigenvalue weighted by atomic mass is 19.1. The van der Waals surface area contributed by atoms with Gasteiger partial charge in [-0.2, -0.15) is 0 Å². The normalized spacial score (nSPS) is 18.4. The summed E-state index contributed by atoms with van der Waals surface area (Å²) in [6, 6.07) is 5.47. The van der Waals surface area contributed by atoms with Gasteiger partial charge in [0, 0.05) is 13.1 Å². The number of aliphatic hydroxyl groups excluding tert-OH is 1. The first kappa shape index (κ1) is 12.4. The number of nitrogens with zero attached hydrogens (tertiary/aromatic N) is 1. The second-order valence-electron chi connectivity index (χ2n) is 4.94. The van der Waals surface area contributed by atoms with E-state index in [-0.39, 0.29) is 5.82 Å². The average Bonchev–Trinajstić information content (AvgIpc) is 2.81. The molecule has 1 aliphatic carbocycles. The van der Waals surface area contributed by atoms with Gasteiger partial charge < -0.3 is 10.0 Å². The first-order valence-electron chi connectivity index (χ1n) is 6.30. The lowest BCUT2D eigenvalue weighted by Crippen LogP contribution is -2.29. The Morgan fingerprint density at radius 2 is 2.00 bits per heavy atom. The fraction of sp³-hybridized carbons (Fsp3) is 0.571. The summed E-state index contributed by atoms with van der Waals surface area (Å²) in [6.07, 6.45) is 4.16. The summed E-state index contributed by atoms with van der Waals surface area (Å²) in [7, 11) is 1.95. The monoisotopic (exact) mass is 237 g/mol. The molecule has 0 spiro atoms. The molecule has 1 fully saturated rings. The van der Waals surface area contributed by atoms with Crippen molar-refractivity contribution in [2.45, 2.75) is 44.8 Å². The summed E-state index contributed by atoms with van der Waals surface area (Å²) in [6.45, 7) is 1.65. The van der Waals surface area contributed by atoms with Crippen LogP contribution in [-0.2, 0) is 0 Å². The van der Waals surface area contributed by atoms with Crippen LogP contribution in [-0.4, -0.2) is 18.2 Å². The Morgan fingerprint density at radius 1 is 1.35 bits per heavy atom. The molecule has 0 amide bonds. The van der Waals surface area contributed by atoms with E-state index in [2.05, 4.69) is 0 Å². The molecule has 94 valence electrons. The van der Waals surface area contributed by atoms with Crippen LogP contribution in [0.25, 0.3) is 0 Å². The molecule has 0 saturated heterocycles. The summed E-state index contributed by atoms with van der Waals surface area (Å²) >= 11 is 0. The second-order valence-corrected chi connectivity index (χ2v) is 4.94. The molecule has 2 rings (SSSR count). The van der Waals surface area contributed by atoms with E-state index < -0.39 is 6.10 Å². The zero-order chi connectivity index (χ0) is 12.4. The Hall–Kier alpha value is -1.09. The third-order valence-corrected chi connectivity index (χ3v) is 3.71. The molecule has 0 aliphatic heterocycles. The molecule has 1 saturated carbocycles. The highest BCUT2D eigenvalue weighted by molar-refractivity contribution is 5.49. The van der Waals surface area contributed by atoms with Gasteiger partial charge in [-0.05, 0) is 37.5 Å². The number of benzene rings is 1. The van der Waals surface area contributed by atoms with E-state index in [0.717, 1.165) is 12.8 Å². The predicted molar refractivity (Wildman–Crippen MR) is 67.7 cm³/mol. The van der Waals surface area contributed by atoms with E-state index in [9.17, 15) is 9.50 Å². The zero-order valence-corrected chi connectivity index (χ0v) is 10.5. The van der Waals surface area contributed by atoms with Crippen LogP contribution in [0.3, 0.4) is 0 Å². The maximum atomic E-state index is 14.0. The molecule has 1 aromatic carbocycles. The third-order valence-electron chi connectivity index (χ3n) is 3.71. The van der Waals surface area contributed by atoms with Crippen molar-refractivity contribution in [1.29, 1.82) is 0 Å². The number of halogens is 1. The van der Waals surface area contributed by atoms with Crippen molar-refractivity contribution in [1.82, 2.24) is 0 Å². The van der Waals surface area contributed by atoms with Crippen molar-refractivity contribution in [3.8, 4) is 0 Å². The molecule has 1 N–H and O–H groups in total. The standard InChI is InChI=1S/C14H20FNO/c1-10(17)11-7-8-14(13(15)9-11)16(2)12-5-3-4-6-12/h7-10,12,17H,3-6H2,1-2H3. The van der Waals surface area contributed by atoms with Gasteiger partial charge in [-0.3, -0.25) is 0 Å². The Balaban J connectivity index is 2.20. The van der Waals surface area contributed by atoms with E-state index in [4.69, 9.17) is 0 Å². The molecule has 3 heteroatoms. The molecule has 1 aromatic rings. The Bertz CT molecular complexity index is 386. The lowest BCUT2D eigenvalue weighted by atomic mass is 10.1. The molecule has 1 aliphatic rings. The fourth-order valence-corrected chi connectivity index (χ4v) is 2.56. The third kappa shape index (κ3) is 2.60. The molecule has 0 heterocycles. The lowest BCUT2D eigenvalue weighted by molar-refractivity contribution is 0.199. The van der Waals surface area contributed by atoms with E-state index in [1.165, 1.54) is 18.9 Å². The first-order valence-corrected chi connectivity index (χ1v) is 6.30. The van der Waals surface area contributed by atoms with Crippen molar-refractivity contribution in [2.24, 2.45) is 0 Å². The van der Waals surface area contributed by atoms with Crippen LogP contribution in [0.2, 0.25) is 0 Å². The maximum Gasteiger partial charge on any atom is 0.146 e. The van der Waals surface area contributed by atoms with Crippen LogP contribution in [0, 0.1) is 5.82 Å². The van der Waals surface area contributed by atoms with E-state index >= 15 is 0 Å². The first-order chi connectivity index (χ1) is 8.09. The van der Waals surface area contributed by atoms with Gasteiger partial charge in [-0.15, -0.1) is 0 Å². The van der Waals surface area contributed by atoms with Crippen molar-refractivity contribution < 1.29 is 9.50 Å². The van der Waals surface area contributed by atoms with Gasteiger partial charge in [-0.1, -0.05) is 18.9 Å². The largest absolute Gasteiger partial charge is 0.389 e. The summed E-state index contributed by atoms with van der Waals surface area (Å²) in [5.74, 6) is -0.238. The molecule has 0 aromatic heterocycles. The summed E-state index contributed by atoms with van der Waals surface area (Å²) < 4.78 is 14.0. The van der Waals surface area contributed by atoms with Gasteiger partial charge in [-0.25, -0.2) is 4.39 Å². The summed E-state index contributed by atoms with van der Waals surface area (Å²) in [4.78, 5) is 2.04. The zero-order valence-electron chi connectivity index (χ0n) is 10.5. The highest BCUT2D eigenvalue weighted by Gasteiger charge is 2.22. The maximum absolute atomic E-state index is 14.0. The number of aliphatic hydroxyl groups is 1. The molecule has 2 nitrogen and oxygen atoms in total. The van der Waals surface area contributed by atoms with E-state index in [1.807, 2.05) is 11.9 Å². The molecule has 1 unspecified atom stereocenters. The predicted octanol–water partition coefficient (Wildman–Crippen LogP) is 3.26. The van der Waals surface area contributed by atoms with Gasteiger partial charge in [0.05, 0.1) is 11.8 Å². The van der Waals surface area contributed by atoms with Gasteiger partial charge >= 0.3 is 0 Å². The van der Waals surface area contributed by atoms with Gasteiger partial charge in [0.25, 0.3) is 0 Å². The van der Waals surface area contributed by atoms with Crippen LogP contribution in [0.15, 0.2) is 18.2 Å². The second kappa shape index (κ2) is 5.05. The van der Waals surface area contributed by atoms with Crippen LogP contribution in [0.5, 0.6) is 0 Å². The van der Waals surface area contributed by atoms with Crippen molar-refractivity contribution in [2.75, 3.05) is 11.9 Å². The Labute approximate surface area is 102 Å². The highest BCUT2D eigenvalue weighted by Crippen LogP contribution is 2.29. The molecule has 1 atom stereocenters. The van der Waals surface area contributed by atoms with Crippen molar-refractivity contribution >= 4 is 5.69 Å². The van der Waals surface area contributed by atoms with Crippen molar-refractivity contribution in [3.05, 3.63) is 29.6 Å². The van der Waals surface area contributed by atoms with Crippen molar-refractivity contribution in [3.63, 3.8) is 0 Å². The van der Waals surface area contributed by atoms with Crippen LogP contribution < -0.4 is 4.90 Å². The summed E-state index contributed by atoms with van der Waals surface area (Å²) in [5, 5.41) is 9.41. The lowest BCUT2D eigenvalue weighted by Gasteiger charge is -2.27. The number of hydrogen-bond acceptors (Lipinski definition) is 2. The molecule has 17 heavy (non-hydrogen) atoms. The van der Waals surface area contributed by atoms with E-state index in [1.54, 1.807) is 19.1 Å². The van der Waals surface area contributed by atoms with Gasteiger partial charge in [0.15, 0.2) is 0 Å². The molecule has 0 bridgehead atoms. The number of rotatable bonds is 3. The minimum atomic E-state index is -0.615. The van der Waals surface area contributed by atoms with Gasteiger partial charge in [0.1, 0.15) is 5.82 Å². The SMILES string of the molecule is CC(O)c1ccc(N(C)C2CCCC2)c(F)c1. The quantitative estimate of drug-likeness (QED) is 0.872. The molecular weight excluding hydrogens is 217 g/mol. The Kier molecular flexibility index (Phi) is 3.67.